The number of imidazole rings is 1. The number of nitrogens with zero attached hydrogens (tertiary/aromatic N) is 3. The van der Waals surface area contributed by atoms with Gasteiger partial charge in [0.05, 0.1) is 24.1 Å². The molecule has 1 aromatic carbocycles. The second-order valence-electron chi connectivity index (χ2n) is 5.83. The molecule has 3 aromatic rings. The molecule has 21 heavy (non-hydrogen) atoms. The summed E-state index contributed by atoms with van der Waals surface area (Å²) in [6.07, 6.45) is 5.94. The first-order valence-corrected chi connectivity index (χ1v) is 7.40. The molecule has 0 aliphatic heterocycles. The van der Waals surface area contributed by atoms with Gasteiger partial charge in [0.1, 0.15) is 0 Å². The van der Waals surface area contributed by atoms with Crippen LogP contribution in [0, 0.1) is 0 Å². The molecule has 0 unspecified atom stereocenters. The van der Waals surface area contributed by atoms with E-state index in [4.69, 9.17) is 0 Å². The summed E-state index contributed by atoms with van der Waals surface area (Å²) < 4.78 is 4.38. The topological polar surface area (TPSA) is 34.8 Å². The SMILES string of the molecule is CC(C)NCc1cccc2ccn(Cc3cncn3C)c12. The van der Waals surface area contributed by atoms with E-state index < -0.39 is 0 Å². The van der Waals surface area contributed by atoms with Crippen molar-refractivity contribution in [2.45, 2.75) is 33.0 Å². The lowest BCUT2D eigenvalue weighted by Gasteiger charge is -2.12. The van der Waals surface area contributed by atoms with Gasteiger partial charge in [0.2, 0.25) is 0 Å². The van der Waals surface area contributed by atoms with Crippen LogP contribution in [0.3, 0.4) is 0 Å². The fourth-order valence-corrected chi connectivity index (χ4v) is 2.64. The van der Waals surface area contributed by atoms with Crippen molar-refractivity contribution in [3.05, 3.63) is 54.2 Å². The highest BCUT2D eigenvalue weighted by Crippen LogP contribution is 2.21. The molecule has 110 valence electrons. The quantitative estimate of drug-likeness (QED) is 0.781. The minimum atomic E-state index is 0.487. The standard InChI is InChI=1S/C17H22N4/c1-13(2)19-9-15-6-4-5-14-7-8-21(17(14)15)11-16-10-18-12-20(16)3/h4-8,10,12-13,19H,9,11H2,1-3H3. The van der Waals surface area contributed by atoms with Gasteiger partial charge in [-0.05, 0) is 17.0 Å². The number of para-hydroxylation sites is 1. The van der Waals surface area contributed by atoms with Crippen LogP contribution in [-0.4, -0.2) is 20.2 Å². The average Bonchev–Trinajstić information content (AvgIpc) is 3.05. The maximum atomic E-state index is 4.20. The smallest absolute Gasteiger partial charge is 0.0946 e. The third-order valence-corrected chi connectivity index (χ3v) is 3.82. The van der Waals surface area contributed by atoms with Gasteiger partial charge in [-0.15, -0.1) is 0 Å². The summed E-state index contributed by atoms with van der Waals surface area (Å²) in [6.45, 7) is 6.09. The lowest BCUT2D eigenvalue weighted by Crippen LogP contribution is -2.22. The van der Waals surface area contributed by atoms with Gasteiger partial charge in [-0.25, -0.2) is 4.98 Å². The first-order valence-electron chi connectivity index (χ1n) is 7.40. The zero-order chi connectivity index (χ0) is 14.8. The fourth-order valence-electron chi connectivity index (χ4n) is 2.64. The van der Waals surface area contributed by atoms with E-state index >= 15 is 0 Å². The van der Waals surface area contributed by atoms with Crippen LogP contribution in [-0.2, 0) is 20.1 Å². The minimum absolute atomic E-state index is 0.487. The molecule has 0 aliphatic rings. The summed E-state index contributed by atoms with van der Waals surface area (Å²) in [5.41, 5.74) is 3.86. The molecule has 0 amide bonds. The lowest BCUT2D eigenvalue weighted by atomic mass is 10.1. The average molecular weight is 282 g/mol. The lowest BCUT2D eigenvalue weighted by molar-refractivity contribution is 0.589. The highest BCUT2D eigenvalue weighted by molar-refractivity contribution is 5.83. The Morgan fingerprint density at radius 1 is 1.24 bits per heavy atom. The number of rotatable bonds is 5. The summed E-state index contributed by atoms with van der Waals surface area (Å²) in [4.78, 5) is 4.20. The molecule has 0 saturated heterocycles. The van der Waals surface area contributed by atoms with Crippen molar-refractivity contribution >= 4 is 10.9 Å². The summed E-state index contributed by atoms with van der Waals surface area (Å²) in [7, 11) is 2.04. The molecular formula is C17H22N4. The second kappa shape index (κ2) is 5.74. The Morgan fingerprint density at radius 3 is 2.81 bits per heavy atom. The van der Waals surface area contributed by atoms with Crippen LogP contribution in [0.1, 0.15) is 25.1 Å². The van der Waals surface area contributed by atoms with Crippen LogP contribution in [0.5, 0.6) is 0 Å². The van der Waals surface area contributed by atoms with E-state index in [0.717, 1.165) is 13.1 Å². The zero-order valence-electron chi connectivity index (χ0n) is 12.9. The van der Waals surface area contributed by atoms with Crippen LogP contribution in [0.15, 0.2) is 43.0 Å². The van der Waals surface area contributed by atoms with Crippen molar-refractivity contribution in [2.75, 3.05) is 0 Å². The van der Waals surface area contributed by atoms with E-state index in [-0.39, 0.29) is 0 Å². The molecule has 0 fully saturated rings. The van der Waals surface area contributed by atoms with Gasteiger partial charge < -0.3 is 14.5 Å². The van der Waals surface area contributed by atoms with Crippen molar-refractivity contribution in [3.63, 3.8) is 0 Å². The number of aryl methyl sites for hydroxylation is 1. The van der Waals surface area contributed by atoms with Gasteiger partial charge in [-0.1, -0.05) is 32.0 Å². The van der Waals surface area contributed by atoms with Crippen molar-refractivity contribution in [2.24, 2.45) is 7.05 Å². The fraction of sp³-hybridized carbons (Fsp3) is 0.353. The molecule has 2 aromatic heterocycles. The van der Waals surface area contributed by atoms with Crippen LogP contribution >= 0.6 is 0 Å². The summed E-state index contributed by atoms with van der Waals surface area (Å²) >= 11 is 0. The van der Waals surface area contributed by atoms with Crippen LogP contribution in [0.25, 0.3) is 10.9 Å². The van der Waals surface area contributed by atoms with Gasteiger partial charge in [-0.2, -0.15) is 0 Å². The van der Waals surface area contributed by atoms with E-state index in [1.165, 1.54) is 22.2 Å². The molecule has 0 atom stereocenters. The van der Waals surface area contributed by atoms with E-state index in [2.05, 4.69) is 63.7 Å². The number of fused-ring (bicyclic) bond motifs is 1. The number of hydrogen-bond donors (Lipinski definition) is 1. The van der Waals surface area contributed by atoms with Crippen LogP contribution in [0.4, 0.5) is 0 Å². The van der Waals surface area contributed by atoms with Crippen molar-refractivity contribution in [1.29, 1.82) is 0 Å². The van der Waals surface area contributed by atoms with Crippen molar-refractivity contribution in [1.82, 2.24) is 19.4 Å². The second-order valence-corrected chi connectivity index (χ2v) is 5.83. The molecule has 0 aliphatic carbocycles. The largest absolute Gasteiger partial charge is 0.341 e. The number of nitrogens with one attached hydrogen (secondary N) is 1. The van der Waals surface area contributed by atoms with E-state index in [9.17, 15) is 0 Å². The molecule has 0 saturated carbocycles. The van der Waals surface area contributed by atoms with Gasteiger partial charge in [-0.3, -0.25) is 0 Å². The number of aromatic nitrogens is 3. The molecule has 0 radical (unpaired) electrons. The Balaban J connectivity index is 1.97. The first kappa shape index (κ1) is 13.9. The molecule has 0 bridgehead atoms. The highest BCUT2D eigenvalue weighted by atomic mass is 15.1. The summed E-state index contributed by atoms with van der Waals surface area (Å²) in [5.74, 6) is 0. The van der Waals surface area contributed by atoms with Gasteiger partial charge in [0, 0.05) is 32.0 Å². The molecule has 4 heteroatoms. The van der Waals surface area contributed by atoms with Crippen molar-refractivity contribution < 1.29 is 0 Å². The third kappa shape index (κ3) is 2.85. The van der Waals surface area contributed by atoms with Crippen LogP contribution in [0.2, 0.25) is 0 Å². The normalized spacial score (nSPS) is 11.6. The molecule has 4 nitrogen and oxygen atoms in total. The van der Waals surface area contributed by atoms with Crippen LogP contribution < -0.4 is 5.32 Å². The monoisotopic (exact) mass is 282 g/mol. The Labute approximate surface area is 125 Å². The summed E-state index contributed by atoms with van der Waals surface area (Å²) in [6, 6.07) is 9.19. The number of hydrogen-bond acceptors (Lipinski definition) is 2. The molecule has 0 spiro atoms. The van der Waals surface area contributed by atoms with Gasteiger partial charge in [0.25, 0.3) is 0 Å². The zero-order valence-corrected chi connectivity index (χ0v) is 12.9. The molecule has 3 rings (SSSR count). The maximum Gasteiger partial charge on any atom is 0.0946 e. The summed E-state index contributed by atoms with van der Waals surface area (Å²) in [5, 5.41) is 4.80. The Bertz CT molecular complexity index is 736. The Kier molecular flexibility index (Phi) is 3.80. The molecule has 2 heterocycles. The van der Waals surface area contributed by atoms with Gasteiger partial charge >= 0.3 is 0 Å². The van der Waals surface area contributed by atoms with Gasteiger partial charge in [0.15, 0.2) is 0 Å². The predicted molar refractivity (Wildman–Crippen MR) is 86.2 cm³/mol. The highest BCUT2D eigenvalue weighted by Gasteiger charge is 2.08. The minimum Gasteiger partial charge on any atom is -0.341 e. The third-order valence-electron chi connectivity index (χ3n) is 3.82. The molecular weight excluding hydrogens is 260 g/mol. The van der Waals surface area contributed by atoms with E-state index in [1.807, 2.05) is 19.6 Å². The van der Waals surface area contributed by atoms with E-state index in [1.54, 1.807) is 0 Å². The molecule has 1 N–H and O–H groups in total. The predicted octanol–water partition coefficient (Wildman–Crippen LogP) is 2.92. The Morgan fingerprint density at radius 2 is 2.10 bits per heavy atom. The first-order chi connectivity index (χ1) is 10.1. The number of benzene rings is 1. The van der Waals surface area contributed by atoms with Crippen molar-refractivity contribution in [3.8, 4) is 0 Å². The maximum absolute atomic E-state index is 4.20. The van der Waals surface area contributed by atoms with E-state index in [0.29, 0.717) is 6.04 Å². The Hall–Kier alpha value is -2.07.